The van der Waals surface area contributed by atoms with Gasteiger partial charge in [0.05, 0.1) is 4.90 Å². The lowest BCUT2D eigenvalue weighted by Gasteiger charge is -2.35. The molecule has 34 heavy (non-hydrogen) atoms. The number of nitrogens with one attached hydrogen (secondary N) is 1. The smallest absolute Gasteiger partial charge is 0.246 e. The molecule has 0 spiro atoms. The van der Waals surface area contributed by atoms with Crippen molar-refractivity contribution in [2.24, 2.45) is 5.92 Å². The van der Waals surface area contributed by atoms with Gasteiger partial charge in [0.15, 0.2) is 0 Å². The van der Waals surface area contributed by atoms with E-state index in [0.717, 1.165) is 17.5 Å². The Balaban J connectivity index is 1.66. The summed E-state index contributed by atoms with van der Waals surface area (Å²) >= 11 is 0. The minimum atomic E-state index is -3.61. The largest absolute Gasteiger partial charge is 0.331 e. The van der Waals surface area contributed by atoms with Crippen LogP contribution in [0.1, 0.15) is 44.2 Å². The Bertz CT molecular complexity index is 1110. The number of carbonyl (C=O) groups excluding carboxylic acids is 2. The molecule has 1 unspecified atom stereocenters. The summed E-state index contributed by atoms with van der Waals surface area (Å²) in [5.74, 6) is -0.618. The van der Waals surface area contributed by atoms with Crippen LogP contribution in [0.25, 0.3) is 0 Å². The molecule has 3 rings (SSSR count). The molecule has 1 saturated heterocycles. The number of hydrogen-bond acceptors (Lipinski definition) is 4. The molecule has 1 N–H and O–H groups in total. The maximum atomic E-state index is 13.4. The second-order valence-electron chi connectivity index (χ2n) is 9.01. The summed E-state index contributed by atoms with van der Waals surface area (Å²) < 4.78 is 27.8. The summed E-state index contributed by atoms with van der Waals surface area (Å²) in [5.41, 5.74) is 2.43. The minimum absolute atomic E-state index is 0.0823. The number of carbonyl (C=O) groups is 2. The van der Waals surface area contributed by atoms with Gasteiger partial charge in [0.25, 0.3) is 0 Å². The zero-order valence-electron chi connectivity index (χ0n) is 20.5. The topological polar surface area (TPSA) is 86.8 Å². The molecule has 0 aromatic heterocycles. The van der Waals surface area contributed by atoms with Crippen LogP contribution in [-0.4, -0.2) is 55.1 Å². The van der Waals surface area contributed by atoms with Crippen LogP contribution in [0.4, 0.5) is 5.69 Å². The Hall–Kier alpha value is -2.71. The number of sulfonamides is 1. The first-order valence-corrected chi connectivity index (χ1v) is 13.3. The van der Waals surface area contributed by atoms with E-state index in [2.05, 4.69) is 5.32 Å². The Morgan fingerprint density at radius 2 is 1.74 bits per heavy atom. The average Bonchev–Trinajstić information content (AvgIpc) is 2.82. The molecule has 0 bridgehead atoms. The van der Waals surface area contributed by atoms with Gasteiger partial charge in [-0.25, -0.2) is 8.42 Å². The van der Waals surface area contributed by atoms with Gasteiger partial charge in [0, 0.05) is 31.2 Å². The quantitative estimate of drug-likeness (QED) is 0.613. The van der Waals surface area contributed by atoms with Crippen LogP contribution in [0.5, 0.6) is 0 Å². The zero-order valence-corrected chi connectivity index (χ0v) is 21.3. The fourth-order valence-electron chi connectivity index (χ4n) is 4.45. The van der Waals surface area contributed by atoms with Gasteiger partial charge in [0.2, 0.25) is 21.8 Å². The van der Waals surface area contributed by atoms with Crippen LogP contribution in [0, 0.1) is 19.8 Å². The molecule has 1 fully saturated rings. The summed E-state index contributed by atoms with van der Waals surface area (Å²) in [5, 5.41) is 2.87. The van der Waals surface area contributed by atoms with Crippen molar-refractivity contribution in [2.45, 2.75) is 57.9 Å². The molecule has 0 radical (unpaired) electrons. The molecule has 2 amide bonds. The van der Waals surface area contributed by atoms with Crippen molar-refractivity contribution >= 4 is 27.5 Å². The average molecular weight is 486 g/mol. The van der Waals surface area contributed by atoms with Crippen LogP contribution in [-0.2, 0) is 19.6 Å². The van der Waals surface area contributed by atoms with Gasteiger partial charge in [-0.05, 0) is 63.8 Å². The van der Waals surface area contributed by atoms with E-state index in [9.17, 15) is 18.0 Å². The van der Waals surface area contributed by atoms with Gasteiger partial charge in [-0.1, -0.05) is 42.8 Å². The third kappa shape index (κ3) is 5.85. The van der Waals surface area contributed by atoms with Gasteiger partial charge >= 0.3 is 0 Å². The normalized spacial score (nSPS) is 16.1. The van der Waals surface area contributed by atoms with Crippen LogP contribution >= 0.6 is 0 Å². The molecule has 0 saturated carbocycles. The van der Waals surface area contributed by atoms with Crippen LogP contribution in [0.2, 0.25) is 0 Å². The van der Waals surface area contributed by atoms with E-state index in [4.69, 9.17) is 0 Å². The summed E-state index contributed by atoms with van der Waals surface area (Å²) in [6.07, 6.45) is 1.61. The highest BCUT2D eigenvalue weighted by molar-refractivity contribution is 7.89. The SMILES string of the molecule is CCCN(C(=O)C1CCN(S(=O)(=O)c2ccc(C)cc2C)CC1)C(C)C(=O)Nc1ccccc1. The molecule has 7 nitrogen and oxygen atoms in total. The van der Waals surface area contributed by atoms with E-state index in [-0.39, 0.29) is 30.8 Å². The van der Waals surface area contributed by atoms with Crippen LogP contribution in [0.3, 0.4) is 0 Å². The van der Waals surface area contributed by atoms with E-state index in [0.29, 0.717) is 30.0 Å². The number of benzene rings is 2. The number of anilines is 1. The highest BCUT2D eigenvalue weighted by Crippen LogP contribution is 2.27. The first kappa shape index (κ1) is 25.9. The maximum absolute atomic E-state index is 13.4. The standard InChI is InChI=1S/C26H35N3O4S/c1-5-15-29(21(4)25(30)27-23-9-7-6-8-10-23)26(31)22-13-16-28(17-14-22)34(32,33)24-12-11-19(2)18-20(24)3/h6-12,18,21-22H,5,13-17H2,1-4H3,(H,27,30). The Labute approximate surface area is 203 Å². The third-order valence-electron chi connectivity index (χ3n) is 6.39. The lowest BCUT2D eigenvalue weighted by molar-refractivity contribution is -0.142. The predicted octanol–water partition coefficient (Wildman–Crippen LogP) is 3.97. The number of piperidine rings is 1. The van der Waals surface area contributed by atoms with Gasteiger partial charge in [-0.2, -0.15) is 4.31 Å². The first-order valence-electron chi connectivity index (χ1n) is 11.9. The highest BCUT2D eigenvalue weighted by atomic mass is 32.2. The van der Waals surface area contributed by atoms with Crippen molar-refractivity contribution in [3.63, 3.8) is 0 Å². The second-order valence-corrected chi connectivity index (χ2v) is 10.9. The molecule has 1 atom stereocenters. The van der Waals surface area contributed by atoms with Crippen LogP contribution < -0.4 is 5.32 Å². The Morgan fingerprint density at radius 1 is 1.09 bits per heavy atom. The lowest BCUT2D eigenvalue weighted by atomic mass is 9.95. The molecule has 1 aliphatic rings. The van der Waals surface area contributed by atoms with Crippen molar-refractivity contribution in [2.75, 3.05) is 25.0 Å². The molecular formula is C26H35N3O4S. The number of hydrogen-bond donors (Lipinski definition) is 1. The number of rotatable bonds is 8. The number of para-hydroxylation sites is 1. The summed E-state index contributed by atoms with van der Waals surface area (Å²) in [6.45, 7) is 8.51. The second kappa shape index (κ2) is 11.1. The number of nitrogens with zero attached hydrogens (tertiary/aromatic N) is 2. The van der Waals surface area contributed by atoms with E-state index in [1.165, 1.54) is 4.31 Å². The van der Waals surface area contributed by atoms with Crippen molar-refractivity contribution in [3.8, 4) is 0 Å². The van der Waals surface area contributed by atoms with Gasteiger partial charge in [-0.15, -0.1) is 0 Å². The third-order valence-corrected chi connectivity index (χ3v) is 8.45. The van der Waals surface area contributed by atoms with Gasteiger partial charge in [-0.3, -0.25) is 9.59 Å². The van der Waals surface area contributed by atoms with E-state index in [1.807, 2.05) is 50.2 Å². The minimum Gasteiger partial charge on any atom is -0.331 e. The summed E-state index contributed by atoms with van der Waals surface area (Å²) in [4.78, 5) is 28.2. The van der Waals surface area contributed by atoms with Crippen molar-refractivity contribution in [3.05, 3.63) is 59.7 Å². The molecular weight excluding hydrogens is 450 g/mol. The Morgan fingerprint density at radius 3 is 2.32 bits per heavy atom. The van der Waals surface area contributed by atoms with E-state index >= 15 is 0 Å². The van der Waals surface area contributed by atoms with Crippen molar-refractivity contribution in [1.29, 1.82) is 0 Å². The molecule has 2 aromatic rings. The van der Waals surface area contributed by atoms with E-state index in [1.54, 1.807) is 30.9 Å². The van der Waals surface area contributed by atoms with E-state index < -0.39 is 16.1 Å². The number of amides is 2. The number of aryl methyl sites for hydroxylation is 2. The molecule has 1 aliphatic heterocycles. The van der Waals surface area contributed by atoms with Gasteiger partial charge in [0.1, 0.15) is 6.04 Å². The van der Waals surface area contributed by atoms with Gasteiger partial charge < -0.3 is 10.2 Å². The van der Waals surface area contributed by atoms with Crippen LogP contribution in [0.15, 0.2) is 53.4 Å². The predicted molar refractivity (Wildman–Crippen MR) is 134 cm³/mol. The van der Waals surface area contributed by atoms with Crippen molar-refractivity contribution in [1.82, 2.24) is 9.21 Å². The fourth-order valence-corrected chi connectivity index (χ4v) is 6.13. The summed E-state index contributed by atoms with van der Waals surface area (Å²) in [7, 11) is -3.61. The molecule has 2 aromatic carbocycles. The molecule has 184 valence electrons. The first-order chi connectivity index (χ1) is 16.1. The molecule has 0 aliphatic carbocycles. The molecule has 1 heterocycles. The maximum Gasteiger partial charge on any atom is 0.246 e. The lowest BCUT2D eigenvalue weighted by Crippen LogP contribution is -2.50. The van der Waals surface area contributed by atoms with Crippen molar-refractivity contribution < 1.29 is 18.0 Å². The molecule has 8 heteroatoms. The monoisotopic (exact) mass is 485 g/mol. The summed E-state index contributed by atoms with van der Waals surface area (Å²) in [6, 6.07) is 13.9. The zero-order chi connectivity index (χ0) is 24.9. The highest BCUT2D eigenvalue weighted by Gasteiger charge is 2.36. The Kier molecular flexibility index (Phi) is 8.49. The fraction of sp³-hybridized carbons (Fsp3) is 0.462.